The van der Waals surface area contributed by atoms with Crippen LogP contribution in [0, 0.1) is 0 Å². The predicted octanol–water partition coefficient (Wildman–Crippen LogP) is 3.01. The fourth-order valence-electron chi connectivity index (χ4n) is 2.24. The van der Waals surface area contributed by atoms with E-state index < -0.39 is 5.97 Å². The summed E-state index contributed by atoms with van der Waals surface area (Å²) in [6, 6.07) is 5.40. The molecule has 0 saturated heterocycles. The van der Waals surface area contributed by atoms with E-state index in [-0.39, 0.29) is 5.69 Å². The third-order valence-electron chi connectivity index (χ3n) is 3.32. The summed E-state index contributed by atoms with van der Waals surface area (Å²) in [6.07, 6.45) is 7.33. The lowest BCUT2D eigenvalue weighted by Gasteiger charge is -2.06. The number of carboxylic acid groups (broad SMARTS) is 1. The van der Waals surface area contributed by atoms with E-state index in [0.29, 0.717) is 17.9 Å². The van der Waals surface area contributed by atoms with Crippen molar-refractivity contribution in [3.8, 4) is 11.4 Å². The van der Waals surface area contributed by atoms with E-state index >= 15 is 0 Å². The van der Waals surface area contributed by atoms with Gasteiger partial charge < -0.3 is 5.11 Å². The fourth-order valence-corrected chi connectivity index (χ4v) is 2.24. The molecule has 2 aromatic rings. The Balaban J connectivity index is 2.16. The zero-order valence-corrected chi connectivity index (χ0v) is 12.2. The Morgan fingerprint density at radius 1 is 1.24 bits per heavy atom. The molecule has 0 spiro atoms. The number of carboxylic acids is 1. The van der Waals surface area contributed by atoms with Crippen molar-refractivity contribution in [3.05, 3.63) is 30.1 Å². The Bertz CT molecular complexity index is 581. The summed E-state index contributed by atoms with van der Waals surface area (Å²) in [5.74, 6) is -1.08. The van der Waals surface area contributed by atoms with Gasteiger partial charge >= 0.3 is 5.97 Å². The van der Waals surface area contributed by atoms with E-state index in [0.717, 1.165) is 12.8 Å². The Kier molecular flexibility index (Phi) is 5.43. The minimum absolute atomic E-state index is 0.0396. The topological polar surface area (TPSA) is 80.9 Å². The Morgan fingerprint density at radius 2 is 2.05 bits per heavy atom. The van der Waals surface area contributed by atoms with Crippen molar-refractivity contribution in [1.82, 2.24) is 20.0 Å². The molecule has 2 rings (SSSR count). The van der Waals surface area contributed by atoms with E-state index in [1.165, 1.54) is 19.3 Å². The molecule has 0 saturated carbocycles. The minimum atomic E-state index is -1.08. The van der Waals surface area contributed by atoms with Gasteiger partial charge in [-0.3, -0.25) is 4.98 Å². The molecule has 0 fully saturated rings. The molecule has 0 amide bonds. The fraction of sp³-hybridized carbons (Fsp3) is 0.467. The van der Waals surface area contributed by atoms with E-state index in [1.54, 1.807) is 23.0 Å². The zero-order chi connectivity index (χ0) is 15.1. The lowest BCUT2D eigenvalue weighted by atomic mass is 10.1. The van der Waals surface area contributed by atoms with Crippen LogP contribution in [0.5, 0.6) is 0 Å². The van der Waals surface area contributed by atoms with Crippen LogP contribution in [0.15, 0.2) is 24.4 Å². The number of aryl methyl sites for hydroxylation is 1. The largest absolute Gasteiger partial charge is 0.476 e. The monoisotopic (exact) mass is 288 g/mol. The van der Waals surface area contributed by atoms with Crippen LogP contribution < -0.4 is 0 Å². The second-order valence-corrected chi connectivity index (χ2v) is 4.94. The maximum absolute atomic E-state index is 11.3. The second kappa shape index (κ2) is 7.52. The van der Waals surface area contributed by atoms with Gasteiger partial charge in [0.1, 0.15) is 5.69 Å². The van der Waals surface area contributed by atoms with Crippen molar-refractivity contribution in [2.24, 2.45) is 0 Å². The molecular weight excluding hydrogens is 268 g/mol. The maximum Gasteiger partial charge on any atom is 0.358 e. The van der Waals surface area contributed by atoms with Crippen LogP contribution in [0.2, 0.25) is 0 Å². The smallest absolute Gasteiger partial charge is 0.358 e. The van der Waals surface area contributed by atoms with E-state index in [9.17, 15) is 9.90 Å². The summed E-state index contributed by atoms with van der Waals surface area (Å²) in [5, 5.41) is 17.0. The summed E-state index contributed by atoms with van der Waals surface area (Å²) >= 11 is 0. The molecule has 0 aliphatic rings. The summed E-state index contributed by atoms with van der Waals surface area (Å²) in [7, 11) is 0. The molecule has 2 heterocycles. The number of hydrogen-bond acceptors (Lipinski definition) is 4. The van der Waals surface area contributed by atoms with Crippen LogP contribution in [0.1, 0.15) is 49.5 Å². The van der Waals surface area contributed by atoms with Gasteiger partial charge in [0.05, 0.1) is 5.69 Å². The first-order valence-corrected chi connectivity index (χ1v) is 7.32. The first-order valence-electron chi connectivity index (χ1n) is 7.32. The first-order chi connectivity index (χ1) is 10.2. The van der Waals surface area contributed by atoms with Gasteiger partial charge in [-0.2, -0.15) is 0 Å². The standard InChI is InChI=1S/C15H20N4O2/c1-2-3-4-5-8-11-19-14(12-9-6-7-10-16-12)13(15(20)21)17-18-19/h6-7,9-10H,2-5,8,11H2,1H3,(H,20,21). The molecule has 0 aliphatic heterocycles. The van der Waals surface area contributed by atoms with Gasteiger partial charge in [0.15, 0.2) is 5.69 Å². The number of rotatable bonds is 8. The van der Waals surface area contributed by atoms with E-state index in [2.05, 4.69) is 22.2 Å². The number of aromatic nitrogens is 4. The normalized spacial score (nSPS) is 10.7. The highest BCUT2D eigenvalue weighted by Crippen LogP contribution is 2.20. The number of carbonyl (C=O) groups is 1. The Hall–Kier alpha value is -2.24. The summed E-state index contributed by atoms with van der Waals surface area (Å²) in [5.41, 5.74) is 1.04. The van der Waals surface area contributed by atoms with E-state index in [1.807, 2.05) is 6.07 Å². The number of nitrogens with zero attached hydrogens (tertiary/aromatic N) is 4. The van der Waals surface area contributed by atoms with Crippen molar-refractivity contribution in [2.45, 2.75) is 45.6 Å². The highest BCUT2D eigenvalue weighted by atomic mass is 16.4. The van der Waals surface area contributed by atoms with Crippen molar-refractivity contribution >= 4 is 5.97 Å². The second-order valence-electron chi connectivity index (χ2n) is 4.94. The molecule has 112 valence electrons. The van der Waals surface area contributed by atoms with Gasteiger partial charge in [0, 0.05) is 12.7 Å². The molecule has 6 heteroatoms. The van der Waals surface area contributed by atoms with E-state index in [4.69, 9.17) is 0 Å². The van der Waals surface area contributed by atoms with Crippen LogP contribution in [0.3, 0.4) is 0 Å². The molecule has 0 aromatic carbocycles. The number of pyridine rings is 1. The third kappa shape index (κ3) is 3.87. The maximum atomic E-state index is 11.3. The van der Waals surface area contributed by atoms with Crippen LogP contribution in [-0.4, -0.2) is 31.1 Å². The van der Waals surface area contributed by atoms with Crippen LogP contribution in [-0.2, 0) is 6.54 Å². The SMILES string of the molecule is CCCCCCCn1nnc(C(=O)O)c1-c1ccccn1. The summed E-state index contributed by atoms with van der Waals surface area (Å²) in [4.78, 5) is 15.5. The molecule has 1 N–H and O–H groups in total. The number of unbranched alkanes of at least 4 members (excludes halogenated alkanes) is 4. The molecule has 0 radical (unpaired) electrons. The molecule has 21 heavy (non-hydrogen) atoms. The van der Waals surface area contributed by atoms with Gasteiger partial charge in [-0.05, 0) is 18.6 Å². The zero-order valence-electron chi connectivity index (χ0n) is 12.2. The van der Waals surface area contributed by atoms with Gasteiger partial charge in [-0.15, -0.1) is 5.10 Å². The molecule has 6 nitrogen and oxygen atoms in total. The van der Waals surface area contributed by atoms with Crippen LogP contribution in [0.25, 0.3) is 11.4 Å². The number of aromatic carboxylic acids is 1. The van der Waals surface area contributed by atoms with Crippen molar-refractivity contribution in [1.29, 1.82) is 0 Å². The van der Waals surface area contributed by atoms with Crippen molar-refractivity contribution in [2.75, 3.05) is 0 Å². The molecule has 0 aliphatic carbocycles. The minimum Gasteiger partial charge on any atom is -0.476 e. The van der Waals surface area contributed by atoms with Crippen LogP contribution in [0.4, 0.5) is 0 Å². The third-order valence-corrected chi connectivity index (χ3v) is 3.32. The predicted molar refractivity (Wildman–Crippen MR) is 79.0 cm³/mol. The highest BCUT2D eigenvalue weighted by molar-refractivity contribution is 5.92. The lowest BCUT2D eigenvalue weighted by molar-refractivity contribution is 0.0691. The molecule has 0 bridgehead atoms. The Labute approximate surface area is 123 Å². The summed E-state index contributed by atoms with van der Waals surface area (Å²) in [6.45, 7) is 2.84. The molecule has 0 unspecified atom stereocenters. The van der Waals surface area contributed by atoms with Gasteiger partial charge in [0.25, 0.3) is 0 Å². The van der Waals surface area contributed by atoms with Crippen LogP contribution >= 0.6 is 0 Å². The summed E-state index contributed by atoms with van der Waals surface area (Å²) < 4.78 is 1.65. The average molecular weight is 288 g/mol. The van der Waals surface area contributed by atoms with Gasteiger partial charge in [0.2, 0.25) is 0 Å². The lowest BCUT2D eigenvalue weighted by Crippen LogP contribution is -2.06. The average Bonchev–Trinajstić information content (AvgIpc) is 2.92. The van der Waals surface area contributed by atoms with Crippen molar-refractivity contribution < 1.29 is 9.90 Å². The quantitative estimate of drug-likeness (QED) is 0.755. The van der Waals surface area contributed by atoms with Gasteiger partial charge in [-0.25, -0.2) is 9.48 Å². The van der Waals surface area contributed by atoms with Gasteiger partial charge in [-0.1, -0.05) is 43.9 Å². The number of hydrogen-bond donors (Lipinski definition) is 1. The van der Waals surface area contributed by atoms with Crippen molar-refractivity contribution in [3.63, 3.8) is 0 Å². The molecule has 0 atom stereocenters. The molecule has 2 aromatic heterocycles. The Morgan fingerprint density at radius 3 is 2.71 bits per heavy atom. The highest BCUT2D eigenvalue weighted by Gasteiger charge is 2.21. The first kappa shape index (κ1) is 15.2. The molecular formula is C15H20N4O2.